The van der Waals surface area contributed by atoms with E-state index >= 15 is 0 Å². The number of hydrogen-bond donors (Lipinski definition) is 1. The molecule has 6 rings (SSSR count). The van der Waals surface area contributed by atoms with Gasteiger partial charge < -0.3 is 0 Å². The second-order valence-corrected chi connectivity index (χ2v) is 7.51. The van der Waals surface area contributed by atoms with Crippen LogP contribution in [-0.4, -0.2) is 10.2 Å². The van der Waals surface area contributed by atoms with Gasteiger partial charge >= 0.3 is 0 Å². The van der Waals surface area contributed by atoms with Gasteiger partial charge in [-0.15, -0.1) is 3.96 Å². The fraction of sp³-hybridized carbons (Fsp3) is 0. The number of para-hydroxylation sites is 1. The lowest BCUT2D eigenvalue weighted by molar-refractivity contribution is -0.779. The molecule has 5 nitrogen and oxygen atoms in total. The second-order valence-electron chi connectivity index (χ2n) is 6.49. The van der Waals surface area contributed by atoms with Gasteiger partial charge in [0.25, 0.3) is 5.69 Å². The van der Waals surface area contributed by atoms with Crippen molar-refractivity contribution in [2.75, 3.05) is 0 Å². The van der Waals surface area contributed by atoms with Crippen molar-refractivity contribution in [2.24, 2.45) is 0 Å². The van der Waals surface area contributed by atoms with Crippen molar-refractivity contribution in [3.8, 4) is 11.4 Å². The first kappa shape index (κ1) is 14.6. The van der Waals surface area contributed by atoms with Crippen molar-refractivity contribution in [1.82, 2.24) is 10.2 Å². The average Bonchev–Trinajstić information content (AvgIpc) is 3.42. The van der Waals surface area contributed by atoms with Crippen LogP contribution in [0.25, 0.3) is 43.3 Å². The summed E-state index contributed by atoms with van der Waals surface area (Å²) in [5.74, 6) is 0. The molecule has 0 aliphatic carbocycles. The number of aromatic amines is 1. The van der Waals surface area contributed by atoms with Crippen molar-refractivity contribution in [3.05, 3.63) is 79.3 Å². The normalized spacial score (nSPS) is 11.7. The number of benzene rings is 3. The van der Waals surface area contributed by atoms with Crippen molar-refractivity contribution in [1.29, 1.82) is 0 Å². The Morgan fingerprint density at radius 2 is 1.74 bits per heavy atom. The topological polar surface area (TPSA) is 49.6 Å². The maximum atomic E-state index is 5.94. The Morgan fingerprint density at radius 3 is 2.70 bits per heavy atom. The fourth-order valence-electron chi connectivity index (χ4n) is 3.37. The van der Waals surface area contributed by atoms with Crippen LogP contribution in [-0.2, 0) is 0 Å². The van der Waals surface area contributed by atoms with Gasteiger partial charge in [0.15, 0.2) is 6.20 Å². The molecule has 6 aromatic rings. The highest BCUT2D eigenvalue weighted by Crippen LogP contribution is 2.22. The first-order valence-electron chi connectivity index (χ1n) is 8.64. The Hall–Kier alpha value is -3.51. The Kier molecular flexibility index (Phi) is 2.98. The summed E-state index contributed by atoms with van der Waals surface area (Å²) in [6.45, 7) is 0. The van der Waals surface area contributed by atoms with Crippen LogP contribution in [0.3, 0.4) is 0 Å². The summed E-state index contributed by atoms with van der Waals surface area (Å²) in [6.07, 6.45) is 6.03. The molecule has 3 aromatic heterocycles. The molecule has 0 spiro atoms. The number of hydrogen-bond acceptors (Lipinski definition) is 3. The molecule has 0 fully saturated rings. The van der Waals surface area contributed by atoms with Crippen molar-refractivity contribution >= 4 is 43.5 Å². The Labute approximate surface area is 157 Å². The molecule has 0 radical (unpaired) electrons. The summed E-state index contributed by atoms with van der Waals surface area (Å²) in [4.78, 5) is 0. The Morgan fingerprint density at radius 1 is 0.852 bits per heavy atom. The lowest BCUT2D eigenvalue weighted by Crippen LogP contribution is -2.26. The molecule has 6 heteroatoms. The zero-order chi connectivity index (χ0) is 17.8. The summed E-state index contributed by atoms with van der Waals surface area (Å²) in [5, 5.41) is 10.5. The van der Waals surface area contributed by atoms with Crippen LogP contribution in [0.1, 0.15) is 0 Å². The summed E-state index contributed by atoms with van der Waals surface area (Å²) in [7, 11) is 0. The molecule has 128 valence electrons. The summed E-state index contributed by atoms with van der Waals surface area (Å²) in [6, 6.07) is 20.7. The standard InChI is InChI=1S/C21H14N4OS/c1-2-4-20-14(3-1)12-24(26-20)17-6-8-21-16(10-17)13-25(27-21)18-5-7-19-15(9-18)11-22-23-19/h1-13H,(H,22,23)/q+2. The molecular formula is C21H14N4OS+2. The van der Waals surface area contributed by atoms with E-state index in [1.807, 2.05) is 35.3 Å². The van der Waals surface area contributed by atoms with Crippen LogP contribution < -0.4 is 8.70 Å². The smallest absolute Gasteiger partial charge is 0.259 e. The van der Waals surface area contributed by atoms with Gasteiger partial charge in [0.1, 0.15) is 16.2 Å². The van der Waals surface area contributed by atoms with Gasteiger partial charge in [-0.1, -0.05) is 12.1 Å². The highest BCUT2D eigenvalue weighted by molar-refractivity contribution is 7.09. The van der Waals surface area contributed by atoms with Crippen LogP contribution in [0.5, 0.6) is 0 Å². The van der Waals surface area contributed by atoms with Crippen LogP contribution in [0.4, 0.5) is 0 Å². The molecule has 0 atom stereocenters. The summed E-state index contributed by atoms with van der Waals surface area (Å²) in [5.41, 5.74) is 4.06. The van der Waals surface area contributed by atoms with Crippen molar-refractivity contribution < 1.29 is 13.2 Å². The molecule has 0 bridgehead atoms. The van der Waals surface area contributed by atoms with Gasteiger partial charge in [-0.25, -0.2) is 4.52 Å². The maximum Gasteiger partial charge on any atom is 0.259 e. The van der Waals surface area contributed by atoms with Gasteiger partial charge in [-0.2, -0.15) is 5.10 Å². The molecule has 0 aliphatic rings. The Balaban J connectivity index is 1.46. The zero-order valence-corrected chi connectivity index (χ0v) is 15.0. The third-order valence-electron chi connectivity index (χ3n) is 4.75. The largest absolute Gasteiger partial charge is 0.278 e. The molecule has 0 amide bonds. The molecule has 0 saturated carbocycles. The molecule has 3 heterocycles. The molecule has 1 N–H and O–H groups in total. The molecule has 0 aliphatic heterocycles. The third-order valence-corrected chi connectivity index (χ3v) is 5.83. The minimum absolute atomic E-state index is 0.881. The lowest BCUT2D eigenvalue weighted by atomic mass is 10.2. The van der Waals surface area contributed by atoms with E-state index in [1.54, 1.807) is 11.5 Å². The van der Waals surface area contributed by atoms with E-state index in [0.717, 1.165) is 33.2 Å². The zero-order valence-electron chi connectivity index (χ0n) is 14.2. The number of aromatic nitrogens is 4. The minimum atomic E-state index is 0.881. The summed E-state index contributed by atoms with van der Waals surface area (Å²) >= 11 is 1.72. The number of nitrogens with zero attached hydrogens (tertiary/aromatic N) is 3. The van der Waals surface area contributed by atoms with Gasteiger partial charge in [0, 0.05) is 34.4 Å². The SMILES string of the molecule is c1ccc2o[n+](-c3ccc4s[n+](-c5ccc6[nH]ncc6c5)cc4c3)cc2c1. The average molecular weight is 370 g/mol. The van der Waals surface area contributed by atoms with Gasteiger partial charge in [0.05, 0.1) is 22.5 Å². The molecule has 27 heavy (non-hydrogen) atoms. The highest BCUT2D eigenvalue weighted by Gasteiger charge is 2.19. The van der Waals surface area contributed by atoms with E-state index < -0.39 is 0 Å². The molecule has 0 unspecified atom stereocenters. The van der Waals surface area contributed by atoms with E-state index in [-0.39, 0.29) is 0 Å². The van der Waals surface area contributed by atoms with E-state index in [0.29, 0.717) is 0 Å². The van der Waals surface area contributed by atoms with Gasteiger partial charge in [-0.05, 0) is 24.3 Å². The number of nitrogens with one attached hydrogen (secondary N) is 1. The van der Waals surface area contributed by atoms with Crippen molar-refractivity contribution in [2.45, 2.75) is 0 Å². The number of rotatable bonds is 2. The predicted molar refractivity (Wildman–Crippen MR) is 104 cm³/mol. The maximum absolute atomic E-state index is 5.94. The van der Waals surface area contributed by atoms with E-state index in [1.165, 1.54) is 10.1 Å². The first-order chi connectivity index (χ1) is 13.3. The van der Waals surface area contributed by atoms with E-state index in [2.05, 4.69) is 62.8 Å². The quantitative estimate of drug-likeness (QED) is 0.467. The van der Waals surface area contributed by atoms with Crippen molar-refractivity contribution in [3.63, 3.8) is 0 Å². The monoisotopic (exact) mass is 370 g/mol. The molecular weight excluding hydrogens is 356 g/mol. The Bertz CT molecular complexity index is 1410. The molecule has 0 saturated heterocycles. The first-order valence-corrected chi connectivity index (χ1v) is 9.41. The van der Waals surface area contributed by atoms with Crippen LogP contribution >= 0.6 is 11.5 Å². The minimum Gasteiger partial charge on any atom is -0.278 e. The fourth-order valence-corrected chi connectivity index (χ4v) is 4.31. The van der Waals surface area contributed by atoms with Crippen LogP contribution in [0.15, 0.2) is 83.8 Å². The summed E-state index contributed by atoms with van der Waals surface area (Å²) < 4.78 is 11.2. The lowest BCUT2D eigenvalue weighted by Gasteiger charge is -1.90. The van der Waals surface area contributed by atoms with E-state index in [4.69, 9.17) is 4.52 Å². The van der Waals surface area contributed by atoms with Gasteiger partial charge in [-0.3, -0.25) is 5.10 Å². The number of fused-ring (bicyclic) bond motifs is 3. The number of H-pyrrole nitrogens is 1. The second kappa shape index (κ2) is 5.49. The van der Waals surface area contributed by atoms with Crippen LogP contribution in [0.2, 0.25) is 0 Å². The molecule has 3 aromatic carbocycles. The highest BCUT2D eigenvalue weighted by atomic mass is 32.1. The van der Waals surface area contributed by atoms with Gasteiger partial charge in [0.2, 0.25) is 17.5 Å². The van der Waals surface area contributed by atoms with E-state index in [9.17, 15) is 0 Å². The third kappa shape index (κ3) is 2.34. The predicted octanol–water partition coefficient (Wildman–Crippen LogP) is 4.08. The van der Waals surface area contributed by atoms with Crippen LogP contribution in [0, 0.1) is 0 Å².